The summed E-state index contributed by atoms with van der Waals surface area (Å²) in [6.45, 7) is 1.51. The zero-order valence-corrected chi connectivity index (χ0v) is 7.79. The fourth-order valence-electron chi connectivity index (χ4n) is 1.14. The smallest absolute Gasteiger partial charge is 0.0666 e. The summed E-state index contributed by atoms with van der Waals surface area (Å²) in [4.78, 5) is 2.69. The van der Waals surface area contributed by atoms with Gasteiger partial charge in [-0.25, -0.2) is 0 Å². The van der Waals surface area contributed by atoms with E-state index >= 15 is 0 Å². The Morgan fingerprint density at radius 3 is 3.25 bits per heavy atom. The zero-order chi connectivity index (χ0) is 8.65. The zero-order valence-electron chi connectivity index (χ0n) is 6.98. The Labute approximate surface area is 76.3 Å². The van der Waals surface area contributed by atoms with Gasteiger partial charge < -0.3 is 4.74 Å². The van der Waals surface area contributed by atoms with E-state index in [0.717, 1.165) is 18.1 Å². The Morgan fingerprint density at radius 1 is 1.67 bits per heavy atom. The first kappa shape index (κ1) is 9.71. The van der Waals surface area contributed by atoms with Crippen molar-refractivity contribution in [3.63, 3.8) is 0 Å². The number of hydrogen-bond donors (Lipinski definition) is 0. The van der Waals surface area contributed by atoms with Crippen LogP contribution in [0.4, 0.5) is 0 Å². The van der Waals surface area contributed by atoms with Gasteiger partial charge in [0.1, 0.15) is 0 Å². The standard InChI is InChI=1S/C7H13N3OS/c8-10-9-3-5-12-6-7-2-1-4-11-7/h7H,1-6H2. The van der Waals surface area contributed by atoms with Crippen molar-refractivity contribution in [3.8, 4) is 0 Å². The van der Waals surface area contributed by atoms with E-state index in [1.54, 1.807) is 11.8 Å². The highest BCUT2D eigenvalue weighted by atomic mass is 32.2. The van der Waals surface area contributed by atoms with Gasteiger partial charge in [-0.15, -0.1) is 0 Å². The van der Waals surface area contributed by atoms with Gasteiger partial charge in [0, 0.05) is 23.8 Å². The minimum atomic E-state index is 0.445. The number of ether oxygens (including phenoxy) is 1. The van der Waals surface area contributed by atoms with Gasteiger partial charge in [0.2, 0.25) is 0 Å². The lowest BCUT2D eigenvalue weighted by Gasteiger charge is -2.06. The van der Waals surface area contributed by atoms with Crippen molar-refractivity contribution in [2.24, 2.45) is 5.11 Å². The summed E-state index contributed by atoms with van der Waals surface area (Å²) in [5.41, 5.74) is 8.00. The van der Waals surface area contributed by atoms with E-state index < -0.39 is 0 Å². The summed E-state index contributed by atoms with van der Waals surface area (Å²) in [6, 6.07) is 0. The number of azide groups is 1. The molecule has 1 fully saturated rings. The van der Waals surface area contributed by atoms with Crippen molar-refractivity contribution in [2.75, 3.05) is 24.7 Å². The van der Waals surface area contributed by atoms with Gasteiger partial charge in [0.25, 0.3) is 0 Å². The Kier molecular flexibility index (Phi) is 4.99. The van der Waals surface area contributed by atoms with Gasteiger partial charge in [-0.05, 0) is 24.1 Å². The van der Waals surface area contributed by atoms with E-state index in [9.17, 15) is 0 Å². The maximum atomic E-state index is 8.00. The molecule has 0 radical (unpaired) electrons. The molecule has 0 aromatic rings. The van der Waals surface area contributed by atoms with Crippen LogP contribution >= 0.6 is 11.8 Å². The van der Waals surface area contributed by atoms with Crippen LogP contribution in [0.1, 0.15) is 12.8 Å². The molecule has 1 aliphatic heterocycles. The average molecular weight is 187 g/mol. The maximum absolute atomic E-state index is 8.00. The molecule has 68 valence electrons. The van der Waals surface area contributed by atoms with Crippen LogP contribution < -0.4 is 0 Å². The molecule has 1 aliphatic rings. The van der Waals surface area contributed by atoms with Crippen molar-refractivity contribution in [1.29, 1.82) is 0 Å². The summed E-state index contributed by atoms with van der Waals surface area (Å²) in [5.74, 6) is 1.95. The highest BCUT2D eigenvalue weighted by molar-refractivity contribution is 7.99. The van der Waals surface area contributed by atoms with Crippen LogP contribution in [-0.2, 0) is 4.74 Å². The molecule has 5 heteroatoms. The van der Waals surface area contributed by atoms with Gasteiger partial charge in [0.15, 0.2) is 0 Å². The number of rotatable bonds is 5. The Hall–Kier alpha value is -0.380. The van der Waals surface area contributed by atoms with Crippen molar-refractivity contribution in [1.82, 2.24) is 0 Å². The van der Waals surface area contributed by atoms with Crippen LogP contribution in [0.5, 0.6) is 0 Å². The predicted molar refractivity (Wildman–Crippen MR) is 50.3 cm³/mol. The molecule has 0 saturated carbocycles. The molecule has 0 aliphatic carbocycles. The molecule has 1 saturated heterocycles. The van der Waals surface area contributed by atoms with E-state index in [1.165, 1.54) is 12.8 Å². The molecule has 0 spiro atoms. The molecular formula is C7H13N3OS. The second-order valence-electron chi connectivity index (χ2n) is 2.66. The molecule has 0 bridgehead atoms. The van der Waals surface area contributed by atoms with E-state index in [0.29, 0.717) is 12.6 Å². The SMILES string of the molecule is [N-]=[N+]=NCCSCC1CCCO1. The Balaban J connectivity index is 1.91. The topological polar surface area (TPSA) is 58.0 Å². The van der Waals surface area contributed by atoms with E-state index in [1.807, 2.05) is 0 Å². The number of hydrogen-bond acceptors (Lipinski definition) is 3. The third-order valence-corrected chi connectivity index (χ3v) is 2.81. The second kappa shape index (κ2) is 6.17. The lowest BCUT2D eigenvalue weighted by atomic mass is 10.3. The van der Waals surface area contributed by atoms with Crippen LogP contribution in [0.15, 0.2) is 5.11 Å². The summed E-state index contributed by atoms with van der Waals surface area (Å²) in [7, 11) is 0. The van der Waals surface area contributed by atoms with Gasteiger partial charge >= 0.3 is 0 Å². The highest BCUT2D eigenvalue weighted by Gasteiger charge is 2.14. The molecule has 1 atom stereocenters. The fraction of sp³-hybridized carbons (Fsp3) is 1.00. The molecule has 0 aromatic heterocycles. The Morgan fingerprint density at radius 2 is 2.58 bits per heavy atom. The third kappa shape index (κ3) is 3.85. The van der Waals surface area contributed by atoms with Crippen LogP contribution in [0, 0.1) is 0 Å². The van der Waals surface area contributed by atoms with Crippen LogP contribution in [0.25, 0.3) is 10.4 Å². The van der Waals surface area contributed by atoms with Gasteiger partial charge in [-0.2, -0.15) is 11.8 Å². The van der Waals surface area contributed by atoms with Crippen LogP contribution in [0.3, 0.4) is 0 Å². The largest absolute Gasteiger partial charge is 0.377 e. The number of thioether (sulfide) groups is 1. The summed E-state index contributed by atoms with van der Waals surface area (Å²) >= 11 is 1.80. The summed E-state index contributed by atoms with van der Waals surface area (Å²) < 4.78 is 5.44. The molecule has 1 heterocycles. The van der Waals surface area contributed by atoms with Gasteiger partial charge in [0.05, 0.1) is 6.10 Å². The van der Waals surface area contributed by atoms with Crippen LogP contribution in [0.2, 0.25) is 0 Å². The molecule has 1 rings (SSSR count). The first-order valence-corrected chi connectivity index (χ1v) is 5.29. The first-order chi connectivity index (χ1) is 5.93. The van der Waals surface area contributed by atoms with Crippen molar-refractivity contribution >= 4 is 11.8 Å². The molecule has 1 unspecified atom stereocenters. The van der Waals surface area contributed by atoms with E-state index in [-0.39, 0.29) is 0 Å². The van der Waals surface area contributed by atoms with E-state index in [4.69, 9.17) is 10.3 Å². The molecule has 4 nitrogen and oxygen atoms in total. The lowest BCUT2D eigenvalue weighted by Crippen LogP contribution is -2.08. The fourth-order valence-corrected chi connectivity index (χ4v) is 2.04. The van der Waals surface area contributed by atoms with Crippen LogP contribution in [-0.4, -0.2) is 30.8 Å². The summed E-state index contributed by atoms with van der Waals surface area (Å²) in [5, 5.41) is 3.45. The molecule has 0 N–H and O–H groups in total. The lowest BCUT2D eigenvalue weighted by molar-refractivity contribution is 0.129. The van der Waals surface area contributed by atoms with Crippen molar-refractivity contribution in [2.45, 2.75) is 18.9 Å². The first-order valence-electron chi connectivity index (χ1n) is 4.13. The predicted octanol–water partition coefficient (Wildman–Crippen LogP) is 2.21. The second-order valence-corrected chi connectivity index (χ2v) is 3.81. The molecule has 12 heavy (non-hydrogen) atoms. The summed E-state index contributed by atoms with van der Waals surface area (Å²) in [6.07, 6.45) is 2.83. The minimum Gasteiger partial charge on any atom is -0.377 e. The van der Waals surface area contributed by atoms with Crippen molar-refractivity contribution in [3.05, 3.63) is 10.4 Å². The molecular weight excluding hydrogens is 174 g/mol. The molecule has 0 amide bonds. The highest BCUT2D eigenvalue weighted by Crippen LogP contribution is 2.16. The third-order valence-electron chi connectivity index (χ3n) is 1.73. The average Bonchev–Trinajstić information content (AvgIpc) is 2.57. The Bertz CT molecular complexity index is 164. The number of nitrogens with zero attached hydrogens (tertiary/aromatic N) is 3. The molecule has 0 aromatic carbocycles. The van der Waals surface area contributed by atoms with Crippen molar-refractivity contribution < 1.29 is 4.74 Å². The normalized spacial score (nSPS) is 22.2. The minimum absolute atomic E-state index is 0.445. The van der Waals surface area contributed by atoms with Gasteiger partial charge in [-0.1, -0.05) is 5.11 Å². The monoisotopic (exact) mass is 187 g/mol. The van der Waals surface area contributed by atoms with E-state index in [2.05, 4.69) is 10.0 Å². The maximum Gasteiger partial charge on any atom is 0.0666 e. The van der Waals surface area contributed by atoms with Gasteiger partial charge in [-0.3, -0.25) is 0 Å². The quantitative estimate of drug-likeness (QED) is 0.287.